The van der Waals surface area contributed by atoms with Crippen LogP contribution in [0, 0.1) is 47.1 Å². The number of halogens is 2. The van der Waals surface area contributed by atoms with Crippen LogP contribution in [-0.2, 0) is 20.9 Å². The van der Waals surface area contributed by atoms with Gasteiger partial charge in [0.1, 0.15) is 23.1 Å². The highest BCUT2D eigenvalue weighted by molar-refractivity contribution is 5.80. The van der Waals surface area contributed by atoms with E-state index in [0.29, 0.717) is 62.1 Å². The van der Waals surface area contributed by atoms with Crippen LogP contribution >= 0.6 is 0 Å². The molecule has 4 aromatic carbocycles. The number of aldehydes is 1. The maximum Gasteiger partial charge on any atom is 0.309 e. The third kappa shape index (κ3) is 15.7. The molecule has 8 rings (SSSR count). The second-order valence-corrected chi connectivity index (χ2v) is 20.1. The van der Waals surface area contributed by atoms with E-state index in [1.54, 1.807) is 12.1 Å². The Labute approximate surface area is 409 Å². The zero-order valence-electron chi connectivity index (χ0n) is 41.6. The van der Waals surface area contributed by atoms with Crippen LogP contribution in [0.3, 0.4) is 0 Å². The summed E-state index contributed by atoms with van der Waals surface area (Å²) in [6, 6.07) is 25.7. The van der Waals surface area contributed by atoms with Crippen LogP contribution in [0.4, 0.5) is 8.78 Å². The summed E-state index contributed by atoms with van der Waals surface area (Å²) >= 11 is 0. The van der Waals surface area contributed by atoms with Crippen molar-refractivity contribution in [2.24, 2.45) is 35.5 Å². The molecule has 0 aromatic heterocycles. The number of carbonyl (C=O) groups excluding carboxylic acids is 2. The van der Waals surface area contributed by atoms with E-state index in [1.807, 2.05) is 73.7 Å². The molecule has 2 aliphatic carbocycles. The number of likely N-dealkylation sites (tertiary alicyclic amines) is 1. The molecule has 69 heavy (non-hydrogen) atoms. The largest absolute Gasteiger partial charge is 0.490 e. The Hall–Kier alpha value is -5.13. The van der Waals surface area contributed by atoms with Crippen molar-refractivity contribution in [2.75, 3.05) is 32.8 Å². The summed E-state index contributed by atoms with van der Waals surface area (Å²) in [4.78, 5) is 35.3. The number of nitrogens with zero attached hydrogens (tertiary/aromatic N) is 1. The average Bonchev–Trinajstić information content (AvgIpc) is 3.36. The number of aliphatic carboxylic acids is 1. The van der Waals surface area contributed by atoms with E-state index in [9.17, 15) is 23.9 Å². The molecule has 11 heteroatoms. The Balaban J connectivity index is 0.000000191. The van der Waals surface area contributed by atoms with Crippen molar-refractivity contribution in [3.8, 4) is 33.8 Å². The van der Waals surface area contributed by atoms with Crippen molar-refractivity contribution >= 4 is 18.2 Å². The predicted molar refractivity (Wildman–Crippen MR) is 269 cm³/mol. The number of esters is 1. The monoisotopic (exact) mass is 951 g/mol. The molecule has 2 N–H and O–H groups in total. The standard InChI is InChI=1S/C28H36FNO3.C22H25FO2.C8H15NO2/c1-19(2)20-6-10-24(11-7-20)33-25-12-8-21(9-13-25)26-5-3-4-23(27(26)29)18-30-16-14-22(15-17-30)28(31)32;1-15(2)16-6-10-19(11-7-16)25-20-12-8-17(9-13-20)21-5-3-4-18(14-24)22(21)23;1-2-11-8(10)7-3-5-9-6-4-7/h3-5,8-9,12-13,19-20,22,24H,6-7,10-11,14-18H2,1-2H3,(H,31,32);3-5,8-9,12-16,19H,6-7,10-11H2,1-2H3;7,9H,2-6H2,1H3. The lowest BCUT2D eigenvalue weighted by atomic mass is 9.80. The minimum Gasteiger partial charge on any atom is -0.490 e. The molecule has 2 heterocycles. The topological polar surface area (TPSA) is 114 Å². The van der Waals surface area contributed by atoms with Gasteiger partial charge in [0.05, 0.1) is 36.2 Å². The summed E-state index contributed by atoms with van der Waals surface area (Å²) in [6.07, 6.45) is 13.5. The molecule has 2 saturated heterocycles. The molecule has 4 aromatic rings. The lowest BCUT2D eigenvalue weighted by Gasteiger charge is -2.31. The van der Waals surface area contributed by atoms with Gasteiger partial charge in [-0.3, -0.25) is 19.3 Å². The molecule has 0 bridgehead atoms. The highest BCUT2D eigenvalue weighted by atomic mass is 19.1. The highest BCUT2D eigenvalue weighted by Gasteiger charge is 2.28. The van der Waals surface area contributed by atoms with Crippen molar-refractivity contribution in [3.05, 3.63) is 108 Å². The molecular weight excluding hydrogens is 875 g/mol. The van der Waals surface area contributed by atoms with Gasteiger partial charge in [0.15, 0.2) is 6.29 Å². The van der Waals surface area contributed by atoms with Crippen LogP contribution in [0.15, 0.2) is 84.9 Å². The molecule has 0 amide bonds. The van der Waals surface area contributed by atoms with Gasteiger partial charge in [0.25, 0.3) is 0 Å². The van der Waals surface area contributed by atoms with Gasteiger partial charge in [-0.1, -0.05) is 82.3 Å². The van der Waals surface area contributed by atoms with Gasteiger partial charge in [0, 0.05) is 23.2 Å². The molecule has 9 nitrogen and oxygen atoms in total. The highest BCUT2D eigenvalue weighted by Crippen LogP contribution is 2.35. The number of piperidine rings is 2. The minimum atomic E-state index is -0.724. The molecule has 2 saturated carbocycles. The Morgan fingerprint density at radius 3 is 1.58 bits per heavy atom. The molecule has 2 aliphatic heterocycles. The van der Waals surface area contributed by atoms with Crippen molar-refractivity contribution < 1.29 is 42.5 Å². The number of hydrogen-bond donors (Lipinski definition) is 2. The third-order valence-corrected chi connectivity index (χ3v) is 14.8. The van der Waals surface area contributed by atoms with Gasteiger partial charge in [-0.15, -0.1) is 0 Å². The molecule has 0 radical (unpaired) electrons. The Kier molecular flexibility index (Phi) is 20.6. The fourth-order valence-corrected chi connectivity index (χ4v) is 10.2. The van der Waals surface area contributed by atoms with E-state index in [4.69, 9.17) is 14.2 Å². The third-order valence-electron chi connectivity index (χ3n) is 14.8. The second-order valence-electron chi connectivity index (χ2n) is 20.1. The molecule has 0 atom stereocenters. The molecule has 374 valence electrons. The second kappa shape index (κ2) is 26.7. The maximum absolute atomic E-state index is 15.3. The van der Waals surface area contributed by atoms with Crippen molar-refractivity contribution in [3.63, 3.8) is 0 Å². The summed E-state index contributed by atoms with van der Waals surface area (Å²) in [5.41, 5.74) is 3.36. The molecule has 4 fully saturated rings. The van der Waals surface area contributed by atoms with Gasteiger partial charge in [-0.25, -0.2) is 8.78 Å². The SMILES string of the molecule is CC(C)C1CCC(Oc2ccc(-c3cccc(C=O)c3F)cc2)CC1.CC(C)C1CCC(Oc2ccc(-c3cccc(CN4CCC(C(=O)O)CC4)c3F)cc2)CC1.CCOC(=O)C1CCNCC1. The van der Waals surface area contributed by atoms with Gasteiger partial charge in [-0.2, -0.15) is 0 Å². The van der Waals surface area contributed by atoms with Crippen molar-refractivity contribution in [2.45, 2.75) is 130 Å². The van der Waals surface area contributed by atoms with Crippen LogP contribution in [0.1, 0.15) is 128 Å². The van der Waals surface area contributed by atoms with E-state index in [1.165, 1.54) is 31.7 Å². The quantitative estimate of drug-likeness (QED) is 0.0942. The molecule has 0 spiro atoms. The van der Waals surface area contributed by atoms with Gasteiger partial charge in [0.2, 0.25) is 0 Å². The van der Waals surface area contributed by atoms with Crippen molar-refractivity contribution in [1.29, 1.82) is 0 Å². The normalized spacial score (nSPS) is 21.3. The van der Waals surface area contributed by atoms with Gasteiger partial charge >= 0.3 is 11.9 Å². The van der Waals surface area contributed by atoms with Crippen LogP contribution in [-0.4, -0.2) is 73.2 Å². The Morgan fingerprint density at radius 2 is 1.13 bits per heavy atom. The number of hydrogen-bond acceptors (Lipinski definition) is 8. The smallest absolute Gasteiger partial charge is 0.309 e. The zero-order valence-corrected chi connectivity index (χ0v) is 41.6. The number of carboxylic acids is 1. The first-order valence-electron chi connectivity index (χ1n) is 25.7. The first-order chi connectivity index (χ1) is 33.3. The fraction of sp³-hybridized carbons (Fsp3) is 0.534. The van der Waals surface area contributed by atoms with Gasteiger partial charge < -0.3 is 24.6 Å². The molecule has 4 aliphatic rings. The average molecular weight is 951 g/mol. The van der Waals surface area contributed by atoms with Crippen molar-refractivity contribution in [1.82, 2.24) is 10.2 Å². The fourth-order valence-electron chi connectivity index (χ4n) is 10.2. The van der Waals surface area contributed by atoms with E-state index >= 15 is 4.39 Å². The Morgan fingerprint density at radius 1 is 0.652 bits per heavy atom. The summed E-state index contributed by atoms with van der Waals surface area (Å²) < 4.78 is 46.8. The van der Waals surface area contributed by atoms with E-state index in [0.717, 1.165) is 97.9 Å². The van der Waals surface area contributed by atoms with E-state index in [-0.39, 0.29) is 41.4 Å². The molecular formula is C58H76F2N2O7. The van der Waals surface area contributed by atoms with E-state index in [2.05, 4.69) is 37.9 Å². The maximum atomic E-state index is 15.3. The van der Waals surface area contributed by atoms with Crippen LogP contribution in [0.5, 0.6) is 11.5 Å². The number of carboxylic acid groups (broad SMARTS) is 1. The summed E-state index contributed by atoms with van der Waals surface area (Å²) in [7, 11) is 0. The predicted octanol–water partition coefficient (Wildman–Crippen LogP) is 12.8. The van der Waals surface area contributed by atoms with Gasteiger partial charge in [-0.05, 0) is 175 Å². The lowest BCUT2D eigenvalue weighted by molar-refractivity contribution is -0.149. The lowest BCUT2D eigenvalue weighted by Crippen LogP contribution is -2.36. The zero-order chi connectivity index (χ0) is 49.3. The first-order valence-corrected chi connectivity index (χ1v) is 25.7. The number of carbonyl (C=O) groups is 3. The van der Waals surface area contributed by atoms with Crippen LogP contribution in [0.2, 0.25) is 0 Å². The summed E-state index contributed by atoms with van der Waals surface area (Å²) in [5.74, 6) is 3.25. The Bertz CT molecular complexity index is 2200. The number of benzene rings is 4. The summed E-state index contributed by atoms with van der Waals surface area (Å²) in [5, 5.41) is 12.4. The van der Waals surface area contributed by atoms with Crippen LogP contribution < -0.4 is 14.8 Å². The number of nitrogens with one attached hydrogen (secondary N) is 1. The van der Waals surface area contributed by atoms with E-state index < -0.39 is 11.8 Å². The minimum absolute atomic E-state index is 0.0194. The molecule has 0 unspecified atom stereocenters. The number of rotatable bonds is 14. The van der Waals surface area contributed by atoms with Crippen LogP contribution in [0.25, 0.3) is 22.3 Å². The first kappa shape index (κ1) is 53.2. The summed E-state index contributed by atoms with van der Waals surface area (Å²) in [6.45, 7) is 15.3. The number of ether oxygens (including phenoxy) is 3.